The molecule has 1 aromatic rings. The molecule has 12 heavy (non-hydrogen) atoms. The maximum absolute atomic E-state index is 13.5. The van der Waals surface area contributed by atoms with Crippen LogP contribution in [-0.4, -0.2) is 12.5 Å². The fourth-order valence-electron chi connectivity index (χ4n) is 0.859. The van der Waals surface area contributed by atoms with Gasteiger partial charge in [0.05, 0.1) is 4.90 Å². The highest BCUT2D eigenvalue weighted by molar-refractivity contribution is 9.10. The van der Waals surface area contributed by atoms with Gasteiger partial charge in [0.15, 0.2) is 5.82 Å². The number of rotatable bonds is 2. The Bertz CT molecular complexity index is 289. The molecule has 0 amide bonds. The van der Waals surface area contributed by atoms with Crippen LogP contribution in [0.25, 0.3) is 0 Å². The van der Waals surface area contributed by atoms with Crippen LogP contribution < -0.4 is 0 Å². The summed E-state index contributed by atoms with van der Waals surface area (Å²) in [5.41, 5.74) is 0. The molecule has 0 aliphatic rings. The summed E-state index contributed by atoms with van der Waals surface area (Å²) in [6, 6.07) is 3.66. The minimum atomic E-state index is -0.121. The summed E-state index contributed by atoms with van der Waals surface area (Å²) in [6.45, 7) is 0. The number of thioether (sulfide) groups is 2. The molecule has 0 aromatic heterocycles. The highest BCUT2D eigenvalue weighted by Gasteiger charge is 2.09. The molecule has 0 heterocycles. The Labute approximate surface area is 88.4 Å². The van der Waals surface area contributed by atoms with Crippen LogP contribution in [0.5, 0.6) is 0 Å². The number of hydrogen-bond acceptors (Lipinski definition) is 2. The number of benzene rings is 1. The molecule has 1 aromatic carbocycles. The monoisotopic (exact) mass is 266 g/mol. The van der Waals surface area contributed by atoms with Crippen LogP contribution in [0, 0.1) is 5.82 Å². The van der Waals surface area contributed by atoms with Gasteiger partial charge in [0, 0.05) is 9.37 Å². The maximum atomic E-state index is 13.5. The van der Waals surface area contributed by atoms with E-state index >= 15 is 0 Å². The van der Waals surface area contributed by atoms with Crippen molar-refractivity contribution in [2.45, 2.75) is 9.79 Å². The molecule has 0 saturated carbocycles. The summed E-state index contributed by atoms with van der Waals surface area (Å²) in [7, 11) is 0. The maximum Gasteiger partial charge on any atom is 0.151 e. The molecule has 0 aliphatic heterocycles. The second kappa shape index (κ2) is 4.53. The van der Waals surface area contributed by atoms with Crippen molar-refractivity contribution in [1.82, 2.24) is 0 Å². The van der Waals surface area contributed by atoms with E-state index in [1.54, 1.807) is 6.07 Å². The van der Waals surface area contributed by atoms with Gasteiger partial charge in [-0.15, -0.1) is 23.5 Å². The Hall–Kier alpha value is 0.330. The van der Waals surface area contributed by atoms with E-state index in [4.69, 9.17) is 0 Å². The van der Waals surface area contributed by atoms with E-state index in [-0.39, 0.29) is 5.82 Å². The third-order valence-electron chi connectivity index (χ3n) is 1.44. The Kier molecular flexibility index (Phi) is 3.93. The molecule has 0 radical (unpaired) electrons. The Morgan fingerprint density at radius 1 is 1.25 bits per heavy atom. The van der Waals surface area contributed by atoms with Crippen LogP contribution in [0.4, 0.5) is 4.39 Å². The second-order valence-electron chi connectivity index (χ2n) is 2.10. The fourth-order valence-corrected chi connectivity index (χ4v) is 2.75. The molecule has 0 atom stereocenters. The summed E-state index contributed by atoms with van der Waals surface area (Å²) in [5, 5.41) is 0. The van der Waals surface area contributed by atoms with Crippen molar-refractivity contribution >= 4 is 39.5 Å². The van der Waals surface area contributed by atoms with Crippen molar-refractivity contribution in [1.29, 1.82) is 0 Å². The predicted molar refractivity (Wildman–Crippen MR) is 57.7 cm³/mol. The van der Waals surface area contributed by atoms with E-state index in [0.29, 0.717) is 9.79 Å². The molecule has 66 valence electrons. The lowest BCUT2D eigenvalue weighted by atomic mass is 10.3. The summed E-state index contributed by atoms with van der Waals surface area (Å²) in [4.78, 5) is 1.38. The van der Waals surface area contributed by atoms with Crippen molar-refractivity contribution in [3.63, 3.8) is 0 Å². The van der Waals surface area contributed by atoms with Crippen molar-refractivity contribution in [2.24, 2.45) is 0 Å². The Morgan fingerprint density at radius 3 is 2.42 bits per heavy atom. The van der Waals surface area contributed by atoms with Gasteiger partial charge in [-0.05, 0) is 40.6 Å². The molecule has 0 saturated heterocycles. The largest absolute Gasteiger partial charge is 0.204 e. The van der Waals surface area contributed by atoms with E-state index in [1.165, 1.54) is 23.5 Å². The van der Waals surface area contributed by atoms with Crippen LogP contribution in [0.1, 0.15) is 0 Å². The zero-order valence-electron chi connectivity index (χ0n) is 6.73. The van der Waals surface area contributed by atoms with E-state index in [0.717, 1.165) is 4.47 Å². The van der Waals surface area contributed by atoms with E-state index in [1.807, 2.05) is 18.6 Å². The molecule has 0 unspecified atom stereocenters. The topological polar surface area (TPSA) is 0 Å². The average molecular weight is 267 g/mol. The first-order chi connectivity index (χ1) is 5.70. The van der Waals surface area contributed by atoms with Gasteiger partial charge >= 0.3 is 0 Å². The molecule has 1 rings (SSSR count). The predicted octanol–water partition coefficient (Wildman–Crippen LogP) is 4.03. The van der Waals surface area contributed by atoms with Gasteiger partial charge in [-0.1, -0.05) is 0 Å². The lowest BCUT2D eigenvalue weighted by Gasteiger charge is -2.05. The molecule has 0 nitrogen and oxygen atoms in total. The minimum Gasteiger partial charge on any atom is -0.204 e. The Morgan fingerprint density at radius 2 is 1.92 bits per heavy atom. The quantitative estimate of drug-likeness (QED) is 0.742. The third-order valence-corrected chi connectivity index (χ3v) is 3.92. The molecular formula is C8H8BrFS2. The highest BCUT2D eigenvalue weighted by atomic mass is 79.9. The molecule has 0 bridgehead atoms. The van der Waals surface area contributed by atoms with Crippen molar-refractivity contribution in [3.8, 4) is 0 Å². The van der Waals surface area contributed by atoms with E-state index < -0.39 is 0 Å². The normalized spacial score (nSPS) is 10.3. The van der Waals surface area contributed by atoms with Gasteiger partial charge in [-0.25, -0.2) is 4.39 Å². The second-order valence-corrected chi connectivity index (χ2v) is 4.62. The van der Waals surface area contributed by atoms with Crippen LogP contribution in [0.2, 0.25) is 0 Å². The molecule has 4 heteroatoms. The van der Waals surface area contributed by atoms with Gasteiger partial charge in [-0.2, -0.15) is 0 Å². The van der Waals surface area contributed by atoms with Gasteiger partial charge in [0.1, 0.15) is 0 Å². The standard InChI is InChI=1S/C8H8BrFS2/c1-11-6-4-3-5(9)8(12-2)7(6)10/h3-4H,1-2H3. The van der Waals surface area contributed by atoms with E-state index in [9.17, 15) is 4.39 Å². The highest BCUT2D eigenvalue weighted by Crippen LogP contribution is 2.33. The first-order valence-electron chi connectivity index (χ1n) is 3.26. The van der Waals surface area contributed by atoms with Crippen molar-refractivity contribution in [2.75, 3.05) is 12.5 Å². The number of hydrogen-bond donors (Lipinski definition) is 0. The van der Waals surface area contributed by atoms with Gasteiger partial charge in [0.2, 0.25) is 0 Å². The first kappa shape index (κ1) is 10.4. The molecule has 0 aliphatic carbocycles. The Balaban J connectivity index is 3.24. The lowest BCUT2D eigenvalue weighted by molar-refractivity contribution is 0.574. The summed E-state index contributed by atoms with van der Waals surface area (Å²) in [5.74, 6) is -0.121. The van der Waals surface area contributed by atoms with Crippen LogP contribution in [-0.2, 0) is 0 Å². The molecule has 0 fully saturated rings. The zero-order chi connectivity index (χ0) is 9.14. The van der Waals surface area contributed by atoms with Gasteiger partial charge < -0.3 is 0 Å². The van der Waals surface area contributed by atoms with Crippen LogP contribution >= 0.6 is 39.5 Å². The van der Waals surface area contributed by atoms with Gasteiger partial charge in [0.25, 0.3) is 0 Å². The van der Waals surface area contributed by atoms with Gasteiger partial charge in [-0.3, -0.25) is 0 Å². The summed E-state index contributed by atoms with van der Waals surface area (Å²) >= 11 is 6.14. The smallest absolute Gasteiger partial charge is 0.151 e. The summed E-state index contributed by atoms with van der Waals surface area (Å²) < 4.78 is 14.3. The molecule has 0 N–H and O–H groups in total. The zero-order valence-corrected chi connectivity index (χ0v) is 9.95. The van der Waals surface area contributed by atoms with Crippen molar-refractivity contribution < 1.29 is 4.39 Å². The molecule has 0 spiro atoms. The number of halogens is 2. The minimum absolute atomic E-state index is 0.121. The average Bonchev–Trinajstić information content (AvgIpc) is 2.06. The SMILES string of the molecule is CSc1ccc(Br)c(SC)c1F. The van der Waals surface area contributed by atoms with Crippen LogP contribution in [0.15, 0.2) is 26.4 Å². The lowest BCUT2D eigenvalue weighted by Crippen LogP contribution is -1.85. The third kappa shape index (κ3) is 1.98. The van der Waals surface area contributed by atoms with Crippen molar-refractivity contribution in [3.05, 3.63) is 22.4 Å². The molecular weight excluding hydrogens is 259 g/mol. The van der Waals surface area contributed by atoms with E-state index in [2.05, 4.69) is 15.9 Å². The first-order valence-corrected chi connectivity index (χ1v) is 6.51. The fraction of sp³-hybridized carbons (Fsp3) is 0.250. The van der Waals surface area contributed by atoms with Crippen LogP contribution in [0.3, 0.4) is 0 Å². The summed E-state index contributed by atoms with van der Waals surface area (Å²) in [6.07, 6.45) is 3.74.